The third-order valence-electron chi connectivity index (χ3n) is 4.69. The Morgan fingerprint density at radius 3 is 2.58 bits per heavy atom. The minimum atomic E-state index is -0.167. The maximum atomic E-state index is 13.3. The molecule has 0 fully saturated rings. The minimum Gasteiger partial charge on any atom is -0.338 e. The fourth-order valence-electron chi connectivity index (χ4n) is 3.15. The summed E-state index contributed by atoms with van der Waals surface area (Å²) < 4.78 is 6.94. The van der Waals surface area contributed by atoms with Crippen LogP contribution in [0.25, 0.3) is 28.1 Å². The van der Waals surface area contributed by atoms with Gasteiger partial charge >= 0.3 is 0 Å². The number of hydrogen-bond donors (Lipinski definition) is 0. The van der Waals surface area contributed by atoms with E-state index in [1.54, 1.807) is 12.3 Å². The van der Waals surface area contributed by atoms with Gasteiger partial charge in [0.05, 0.1) is 16.7 Å². The summed E-state index contributed by atoms with van der Waals surface area (Å²) in [7, 11) is 0. The van der Waals surface area contributed by atoms with E-state index in [1.807, 2.05) is 67.6 Å². The zero-order valence-corrected chi connectivity index (χ0v) is 17.4. The smallest absolute Gasteiger partial charge is 0.267 e. The molecule has 3 aromatic heterocycles. The van der Waals surface area contributed by atoms with Crippen LogP contribution in [0.5, 0.6) is 0 Å². The number of hydrogen-bond acceptors (Lipinski definition) is 7. The molecule has 0 aliphatic carbocycles. The second kappa shape index (κ2) is 8.16. The summed E-state index contributed by atoms with van der Waals surface area (Å²) in [5, 5.41) is 5.11. The molecule has 0 aliphatic heterocycles. The molecular weight excluding hydrogens is 410 g/mol. The zero-order chi connectivity index (χ0) is 21.2. The van der Waals surface area contributed by atoms with E-state index in [4.69, 9.17) is 9.51 Å². The van der Waals surface area contributed by atoms with E-state index < -0.39 is 0 Å². The van der Waals surface area contributed by atoms with Gasteiger partial charge < -0.3 is 4.52 Å². The molecule has 0 amide bonds. The molecule has 152 valence electrons. The van der Waals surface area contributed by atoms with Crippen molar-refractivity contribution in [2.24, 2.45) is 0 Å². The fourth-order valence-corrected chi connectivity index (χ4v) is 3.99. The Morgan fingerprint density at radius 1 is 0.968 bits per heavy atom. The summed E-state index contributed by atoms with van der Waals surface area (Å²) in [6.45, 7) is 1.95. The lowest BCUT2D eigenvalue weighted by Gasteiger charge is -2.12. The highest BCUT2D eigenvalue weighted by Crippen LogP contribution is 2.25. The number of para-hydroxylation sites is 1. The third kappa shape index (κ3) is 3.85. The fraction of sp³-hybridized carbons (Fsp3) is 0.0870. The van der Waals surface area contributed by atoms with Crippen LogP contribution in [0.15, 0.2) is 87.4 Å². The first-order valence-corrected chi connectivity index (χ1v) is 10.6. The average Bonchev–Trinajstić information content (AvgIpc) is 3.28. The Kier molecular flexibility index (Phi) is 5.05. The van der Waals surface area contributed by atoms with Crippen molar-refractivity contribution in [2.45, 2.75) is 17.8 Å². The van der Waals surface area contributed by atoms with Crippen LogP contribution in [0.4, 0.5) is 0 Å². The van der Waals surface area contributed by atoms with Gasteiger partial charge in [0, 0.05) is 11.8 Å². The van der Waals surface area contributed by atoms with Gasteiger partial charge in [-0.05, 0) is 30.7 Å². The lowest BCUT2D eigenvalue weighted by atomic mass is 10.2. The second-order valence-corrected chi connectivity index (χ2v) is 7.85. The summed E-state index contributed by atoms with van der Waals surface area (Å²) in [6, 6.07) is 20.7. The molecule has 31 heavy (non-hydrogen) atoms. The average molecular weight is 427 g/mol. The molecule has 0 N–H and O–H groups in total. The van der Waals surface area contributed by atoms with Crippen molar-refractivity contribution in [3.63, 3.8) is 0 Å². The van der Waals surface area contributed by atoms with Gasteiger partial charge in [-0.2, -0.15) is 4.98 Å². The van der Waals surface area contributed by atoms with Crippen LogP contribution in [0.3, 0.4) is 0 Å². The van der Waals surface area contributed by atoms with E-state index >= 15 is 0 Å². The molecule has 0 saturated carbocycles. The van der Waals surface area contributed by atoms with E-state index in [1.165, 1.54) is 16.3 Å². The molecule has 0 radical (unpaired) electrons. The molecule has 0 aliphatic rings. The maximum Gasteiger partial charge on any atom is 0.267 e. The number of fused-ring (bicyclic) bond motifs is 1. The summed E-state index contributed by atoms with van der Waals surface area (Å²) in [5.41, 5.74) is 2.36. The minimum absolute atomic E-state index is 0.167. The number of aryl methyl sites for hydroxylation is 1. The first-order valence-electron chi connectivity index (χ1n) is 9.65. The van der Waals surface area contributed by atoms with Crippen molar-refractivity contribution in [1.82, 2.24) is 24.7 Å². The van der Waals surface area contributed by atoms with Crippen LogP contribution in [-0.4, -0.2) is 24.7 Å². The highest BCUT2D eigenvalue weighted by molar-refractivity contribution is 7.98. The van der Waals surface area contributed by atoms with Crippen molar-refractivity contribution in [2.75, 3.05) is 0 Å². The lowest BCUT2D eigenvalue weighted by Crippen LogP contribution is -2.22. The monoisotopic (exact) mass is 427 g/mol. The van der Waals surface area contributed by atoms with E-state index in [9.17, 15) is 4.79 Å². The number of aromatic nitrogens is 5. The first kappa shape index (κ1) is 19.2. The van der Waals surface area contributed by atoms with E-state index in [0.29, 0.717) is 39.3 Å². The standard InChI is InChI=1S/C23H17N5O2S/c1-15-11-12-19(24-13-15)28-22(29)17-9-5-6-10-18(17)25-23(28)31-14-20-26-21(27-30-20)16-7-3-2-4-8-16/h2-13H,14H2,1H3. The van der Waals surface area contributed by atoms with Gasteiger partial charge in [0.25, 0.3) is 5.56 Å². The lowest BCUT2D eigenvalue weighted by molar-refractivity contribution is 0.391. The van der Waals surface area contributed by atoms with Gasteiger partial charge in [-0.15, -0.1) is 0 Å². The van der Waals surface area contributed by atoms with Crippen molar-refractivity contribution in [3.05, 3.63) is 94.7 Å². The molecule has 7 nitrogen and oxygen atoms in total. The Balaban J connectivity index is 1.52. The SMILES string of the molecule is Cc1ccc(-n2c(SCc3nc(-c4ccccc4)no3)nc3ccccc3c2=O)nc1. The molecule has 5 rings (SSSR count). The Hall–Kier alpha value is -3.78. The van der Waals surface area contributed by atoms with E-state index in [-0.39, 0.29) is 5.56 Å². The Labute approximate surface area is 181 Å². The number of rotatable bonds is 5. The molecule has 0 bridgehead atoms. The van der Waals surface area contributed by atoms with E-state index in [2.05, 4.69) is 15.1 Å². The molecule has 0 atom stereocenters. The normalized spacial score (nSPS) is 11.1. The van der Waals surface area contributed by atoms with Crippen LogP contribution < -0.4 is 5.56 Å². The number of benzene rings is 2. The van der Waals surface area contributed by atoms with Crippen LogP contribution in [0.2, 0.25) is 0 Å². The molecular formula is C23H17N5O2S. The van der Waals surface area contributed by atoms with Crippen molar-refractivity contribution in [3.8, 4) is 17.2 Å². The number of thioether (sulfide) groups is 1. The maximum absolute atomic E-state index is 13.3. The van der Waals surface area contributed by atoms with Crippen molar-refractivity contribution in [1.29, 1.82) is 0 Å². The Bertz CT molecular complexity index is 1410. The van der Waals surface area contributed by atoms with Gasteiger partial charge in [-0.25, -0.2) is 14.5 Å². The summed E-state index contributed by atoms with van der Waals surface area (Å²) in [4.78, 5) is 26.9. The van der Waals surface area contributed by atoms with Crippen molar-refractivity contribution >= 4 is 22.7 Å². The topological polar surface area (TPSA) is 86.7 Å². The van der Waals surface area contributed by atoms with Crippen LogP contribution in [0, 0.1) is 6.92 Å². The van der Waals surface area contributed by atoms with Gasteiger partial charge in [-0.3, -0.25) is 4.79 Å². The molecule has 5 aromatic rings. The van der Waals surface area contributed by atoms with Gasteiger partial charge in [0.2, 0.25) is 11.7 Å². The summed E-state index contributed by atoms with van der Waals surface area (Å²) >= 11 is 1.35. The first-order chi connectivity index (χ1) is 15.2. The van der Waals surface area contributed by atoms with Crippen LogP contribution in [-0.2, 0) is 5.75 Å². The van der Waals surface area contributed by atoms with Crippen LogP contribution >= 0.6 is 11.8 Å². The summed E-state index contributed by atoms with van der Waals surface area (Å²) in [6.07, 6.45) is 1.73. The van der Waals surface area contributed by atoms with Crippen LogP contribution in [0.1, 0.15) is 11.5 Å². The second-order valence-electron chi connectivity index (χ2n) is 6.91. The molecule has 2 aromatic carbocycles. The quantitative estimate of drug-likeness (QED) is 0.303. The zero-order valence-electron chi connectivity index (χ0n) is 16.6. The highest BCUT2D eigenvalue weighted by Gasteiger charge is 2.16. The van der Waals surface area contributed by atoms with Crippen molar-refractivity contribution < 1.29 is 4.52 Å². The van der Waals surface area contributed by atoms with Gasteiger partial charge in [-0.1, -0.05) is 65.4 Å². The number of nitrogens with zero attached hydrogens (tertiary/aromatic N) is 5. The predicted molar refractivity (Wildman–Crippen MR) is 119 cm³/mol. The predicted octanol–water partition coefficient (Wildman–Crippen LogP) is 4.43. The molecule has 8 heteroatoms. The molecule has 0 saturated heterocycles. The molecule has 0 unspecified atom stereocenters. The van der Waals surface area contributed by atoms with Gasteiger partial charge in [0.15, 0.2) is 5.16 Å². The largest absolute Gasteiger partial charge is 0.338 e. The van der Waals surface area contributed by atoms with Gasteiger partial charge in [0.1, 0.15) is 5.82 Å². The Morgan fingerprint density at radius 2 is 1.77 bits per heavy atom. The highest BCUT2D eigenvalue weighted by atomic mass is 32.2. The number of pyridine rings is 1. The van der Waals surface area contributed by atoms with E-state index in [0.717, 1.165) is 11.1 Å². The molecule has 3 heterocycles. The third-order valence-corrected chi connectivity index (χ3v) is 5.62. The molecule has 0 spiro atoms. The summed E-state index contributed by atoms with van der Waals surface area (Å²) in [5.74, 6) is 1.87.